The van der Waals surface area contributed by atoms with Crippen LogP contribution >= 0.6 is 7.75 Å². The zero-order valence-electron chi connectivity index (χ0n) is 21.1. The second-order valence-electron chi connectivity index (χ2n) is 8.92. The van der Waals surface area contributed by atoms with Gasteiger partial charge in [0.15, 0.2) is 0 Å². The third-order valence-corrected chi connectivity index (χ3v) is 11.0. The molecule has 4 aliphatic heterocycles. The first-order valence-corrected chi connectivity index (χ1v) is 16.2. The molecule has 0 saturated carbocycles. The summed E-state index contributed by atoms with van der Waals surface area (Å²) in [4.78, 5) is 27.3. The van der Waals surface area contributed by atoms with Crippen molar-refractivity contribution in [3.8, 4) is 0 Å². The Morgan fingerprint density at radius 3 is 2.46 bits per heavy atom. The van der Waals surface area contributed by atoms with Crippen molar-refractivity contribution in [1.82, 2.24) is 19.1 Å². The van der Waals surface area contributed by atoms with Gasteiger partial charge >= 0.3 is 22.2 Å². The molecule has 13 nitrogen and oxygen atoms in total. The van der Waals surface area contributed by atoms with Gasteiger partial charge in [-0.05, 0) is 26.2 Å². The van der Waals surface area contributed by atoms with Crippen LogP contribution in [0.1, 0.15) is 32.4 Å². The summed E-state index contributed by atoms with van der Waals surface area (Å²) in [6.07, 6.45) is 2.07. The Labute approximate surface area is 215 Å². The molecule has 16 heteroatoms. The highest BCUT2D eigenvalue weighted by Gasteiger charge is 2.43. The van der Waals surface area contributed by atoms with E-state index in [0.717, 1.165) is 36.8 Å². The molecule has 0 aromatic carbocycles. The van der Waals surface area contributed by atoms with E-state index in [1.165, 1.54) is 0 Å². The van der Waals surface area contributed by atoms with E-state index in [-0.39, 0.29) is 26.3 Å². The van der Waals surface area contributed by atoms with Crippen LogP contribution in [0.5, 0.6) is 0 Å². The molecular weight excluding hydrogens is 530 g/mol. The molecule has 4 fully saturated rings. The summed E-state index contributed by atoms with van der Waals surface area (Å²) in [5.41, 5.74) is -1.79. The van der Waals surface area contributed by atoms with Crippen LogP contribution in [0, 0.1) is 5.82 Å². The Morgan fingerprint density at radius 1 is 1.14 bits per heavy atom. The minimum atomic E-state index is -3.75. The Kier molecular flexibility index (Phi) is 10.2. The average molecular weight is 567 g/mol. The van der Waals surface area contributed by atoms with Crippen molar-refractivity contribution in [2.24, 2.45) is 0 Å². The summed E-state index contributed by atoms with van der Waals surface area (Å²) < 4.78 is 63.5. The van der Waals surface area contributed by atoms with Gasteiger partial charge in [-0.3, -0.25) is 27.9 Å². The molecule has 1 aromatic heterocycles. The minimum Gasteiger partial charge on any atom is -0.372 e. The van der Waals surface area contributed by atoms with Gasteiger partial charge in [0, 0.05) is 38.8 Å². The van der Waals surface area contributed by atoms with Gasteiger partial charge in [-0.1, -0.05) is 0 Å². The summed E-state index contributed by atoms with van der Waals surface area (Å²) >= 11 is 0. The smallest absolute Gasteiger partial charge is 0.372 e. The predicted octanol–water partition coefficient (Wildman–Crippen LogP) is 0.917. The SMILES string of the molecule is CCOP(=O)(NCCC[Si]12OCCN(CCO1)CCO2)OCCn1c(=O)c(F)cn([C@H]2CCCO2)c1=O. The molecular formula is C21H36FN4O9PSi. The first-order valence-electron chi connectivity index (χ1n) is 12.8. The second kappa shape index (κ2) is 13.2. The van der Waals surface area contributed by atoms with Crippen LogP contribution in [-0.2, 0) is 38.2 Å². The Balaban J connectivity index is 1.31. The first kappa shape index (κ1) is 28.7. The average Bonchev–Trinajstić information content (AvgIpc) is 3.36. The van der Waals surface area contributed by atoms with E-state index in [1.807, 2.05) is 0 Å². The van der Waals surface area contributed by atoms with Gasteiger partial charge in [0.2, 0.25) is 5.82 Å². The quantitative estimate of drug-likeness (QED) is 0.220. The lowest BCUT2D eigenvalue weighted by molar-refractivity contribution is -0.00849. The largest absolute Gasteiger partial charge is 0.501 e. The number of nitrogens with zero attached hydrogens (tertiary/aromatic N) is 3. The summed E-state index contributed by atoms with van der Waals surface area (Å²) in [7, 11) is -6.56. The number of rotatable bonds is 12. The normalized spacial score (nSPS) is 27.9. The highest BCUT2D eigenvalue weighted by molar-refractivity contribution is 7.51. The van der Waals surface area contributed by atoms with Crippen molar-refractivity contribution < 1.29 is 36.0 Å². The second-order valence-corrected chi connectivity index (χ2v) is 13.5. The fourth-order valence-corrected chi connectivity index (χ4v) is 8.36. The molecule has 0 radical (unpaired) electrons. The van der Waals surface area contributed by atoms with Crippen molar-refractivity contribution in [3.05, 3.63) is 32.9 Å². The van der Waals surface area contributed by atoms with Crippen LogP contribution < -0.4 is 16.3 Å². The Morgan fingerprint density at radius 2 is 1.84 bits per heavy atom. The summed E-state index contributed by atoms with van der Waals surface area (Å²) in [6, 6.07) is 0.549. The van der Waals surface area contributed by atoms with Crippen molar-refractivity contribution in [3.63, 3.8) is 0 Å². The summed E-state index contributed by atoms with van der Waals surface area (Å²) in [6.45, 7) is 6.10. The molecule has 0 aliphatic carbocycles. The van der Waals surface area contributed by atoms with E-state index in [2.05, 4.69) is 9.99 Å². The van der Waals surface area contributed by atoms with Crippen molar-refractivity contribution in [1.29, 1.82) is 0 Å². The van der Waals surface area contributed by atoms with Gasteiger partial charge in [0.1, 0.15) is 6.23 Å². The lowest BCUT2D eigenvalue weighted by Gasteiger charge is -2.38. The number of aromatic nitrogens is 2. The maximum absolute atomic E-state index is 14.2. The third-order valence-electron chi connectivity index (χ3n) is 6.40. The van der Waals surface area contributed by atoms with E-state index < -0.39 is 39.8 Å². The van der Waals surface area contributed by atoms with Gasteiger partial charge in [-0.2, -0.15) is 4.39 Å². The molecule has 1 aromatic rings. The van der Waals surface area contributed by atoms with Gasteiger partial charge in [0.25, 0.3) is 5.56 Å². The van der Waals surface area contributed by atoms with Crippen LogP contribution in [0.15, 0.2) is 15.8 Å². The molecule has 0 spiro atoms. The number of fused-ring (bicyclic) bond motifs is 6. The maximum atomic E-state index is 14.2. The van der Waals surface area contributed by atoms with E-state index in [1.54, 1.807) is 6.92 Å². The fourth-order valence-electron chi connectivity index (χ4n) is 4.51. The molecule has 37 heavy (non-hydrogen) atoms. The number of nitrogens with one attached hydrogen (secondary N) is 1. The topological polar surface area (TPSA) is 132 Å². The molecule has 210 valence electrons. The molecule has 0 amide bonds. The van der Waals surface area contributed by atoms with E-state index >= 15 is 0 Å². The standard InChI is InChI=1S/C21H36FN4O9PSi/c1-2-31-36(29,23-6-4-16-37-33-13-7-24(8-14-34-37)9-15-35-37)32-12-10-25-20(27)18(22)17-26(21(25)28)19-5-3-11-30-19/h17,19H,2-16H2,1H3,(H,23,29)/t19-,36?/m1/s1. The maximum Gasteiger partial charge on any atom is 0.501 e. The Bertz CT molecular complexity index is 1040. The molecule has 1 N–H and O–H groups in total. The van der Waals surface area contributed by atoms with Gasteiger partial charge in [-0.25, -0.2) is 14.4 Å². The van der Waals surface area contributed by atoms with Crippen molar-refractivity contribution in [2.45, 2.75) is 45.0 Å². The molecule has 4 aliphatic rings. The molecule has 2 bridgehead atoms. The lowest BCUT2D eigenvalue weighted by atomic mass is 10.3. The van der Waals surface area contributed by atoms with Crippen molar-refractivity contribution in [2.75, 3.05) is 65.8 Å². The first-order chi connectivity index (χ1) is 17.8. The van der Waals surface area contributed by atoms with E-state index in [0.29, 0.717) is 49.9 Å². The predicted molar refractivity (Wildman–Crippen MR) is 132 cm³/mol. The van der Waals surface area contributed by atoms with Gasteiger partial charge < -0.3 is 18.0 Å². The number of hydrogen-bond acceptors (Lipinski definition) is 10. The van der Waals surface area contributed by atoms with Gasteiger partial charge in [-0.15, -0.1) is 0 Å². The monoisotopic (exact) mass is 566 g/mol. The lowest BCUT2D eigenvalue weighted by Crippen LogP contribution is -2.55. The third kappa shape index (κ3) is 7.44. The number of hydrogen-bond donors (Lipinski definition) is 1. The highest BCUT2D eigenvalue weighted by Crippen LogP contribution is 2.43. The molecule has 2 atom stereocenters. The summed E-state index contributed by atoms with van der Waals surface area (Å²) in [5, 5.41) is 2.81. The van der Waals surface area contributed by atoms with Crippen LogP contribution in [-0.4, -0.2) is 88.7 Å². The van der Waals surface area contributed by atoms with E-state index in [9.17, 15) is 18.5 Å². The zero-order chi connectivity index (χ0) is 26.3. The van der Waals surface area contributed by atoms with Crippen LogP contribution in [0.4, 0.5) is 4.39 Å². The zero-order valence-corrected chi connectivity index (χ0v) is 23.0. The molecule has 1 unspecified atom stereocenters. The molecule has 5 heterocycles. The number of ether oxygens (including phenoxy) is 1. The fraction of sp³-hybridized carbons (Fsp3) is 0.810. The summed E-state index contributed by atoms with van der Waals surface area (Å²) in [5.74, 6) is -1.08. The Hall–Kier alpha value is -1.26. The van der Waals surface area contributed by atoms with Gasteiger partial charge in [0.05, 0.1) is 45.8 Å². The highest BCUT2D eigenvalue weighted by atomic mass is 31.2. The van der Waals surface area contributed by atoms with Crippen LogP contribution in [0.2, 0.25) is 6.04 Å². The molecule has 4 saturated heterocycles. The van der Waals surface area contributed by atoms with E-state index in [4.69, 9.17) is 27.1 Å². The van der Waals surface area contributed by atoms with Crippen LogP contribution in [0.25, 0.3) is 0 Å². The minimum absolute atomic E-state index is 0.112. The van der Waals surface area contributed by atoms with Crippen molar-refractivity contribution >= 4 is 16.6 Å². The molecule has 5 rings (SSSR count). The number of halogens is 1. The van der Waals surface area contributed by atoms with Crippen LogP contribution in [0.3, 0.4) is 0 Å².